The number of benzene rings is 9. The Hall–Kier alpha value is -7.57. The molecule has 9 aromatic carbocycles. The molecule has 0 amide bonds. The van der Waals surface area contributed by atoms with Crippen molar-refractivity contribution in [2.24, 2.45) is 10.8 Å². The van der Waals surface area contributed by atoms with E-state index in [0.29, 0.717) is 24.6 Å². The van der Waals surface area contributed by atoms with Gasteiger partial charge < -0.3 is 20.5 Å². The lowest BCUT2D eigenvalue weighted by Gasteiger charge is -2.29. The van der Waals surface area contributed by atoms with Crippen LogP contribution in [0.1, 0.15) is 11.1 Å². The van der Waals surface area contributed by atoms with E-state index in [1.165, 1.54) is 37.9 Å². The summed E-state index contributed by atoms with van der Waals surface area (Å²) in [5.41, 5.74) is 12.8. The van der Waals surface area contributed by atoms with Crippen LogP contribution in [-0.2, 0) is 13.0 Å². The van der Waals surface area contributed by atoms with Crippen molar-refractivity contribution < 1.29 is 9.47 Å². The summed E-state index contributed by atoms with van der Waals surface area (Å²) in [5, 5.41) is 21.4. The van der Waals surface area contributed by atoms with E-state index in [0.717, 1.165) is 56.1 Å². The lowest BCUT2D eigenvalue weighted by molar-refractivity contribution is 0.328. The highest BCUT2D eigenvalue weighted by atomic mass is 16.5. The van der Waals surface area contributed by atoms with Crippen LogP contribution in [0.2, 0.25) is 0 Å². The van der Waals surface area contributed by atoms with E-state index in [2.05, 4.69) is 187 Å². The lowest BCUT2D eigenvalue weighted by atomic mass is 9.92. The average molecular weight is 781 g/mol. The first-order chi connectivity index (χ1) is 29.6. The van der Waals surface area contributed by atoms with Crippen molar-refractivity contribution in [3.8, 4) is 22.6 Å². The van der Waals surface area contributed by atoms with Crippen LogP contribution in [0.25, 0.3) is 65.0 Å². The van der Waals surface area contributed by atoms with Gasteiger partial charge in [-0.05, 0) is 95.7 Å². The topological polar surface area (TPSA) is 72.1 Å². The minimum atomic E-state index is 0.143. The number of nitrogens with zero attached hydrogens (tertiary/aromatic N) is 2. The molecular formula is C54H44N4O2. The number of ether oxygens (including phenoxy) is 2. The van der Waals surface area contributed by atoms with Crippen LogP contribution in [0.5, 0.6) is 11.5 Å². The zero-order chi connectivity index (χ0) is 40.4. The molecule has 292 valence electrons. The van der Waals surface area contributed by atoms with E-state index in [9.17, 15) is 0 Å². The van der Waals surface area contributed by atoms with Crippen LogP contribution in [0.3, 0.4) is 0 Å². The second kappa shape index (κ2) is 16.0. The molecule has 0 saturated carbocycles. The van der Waals surface area contributed by atoms with Crippen molar-refractivity contribution in [1.29, 1.82) is 0 Å². The average Bonchev–Trinajstić information content (AvgIpc) is 3.28. The molecule has 0 aliphatic carbocycles. The molecule has 6 heteroatoms. The first kappa shape index (κ1) is 36.7. The Morgan fingerprint density at radius 2 is 1.12 bits per heavy atom. The van der Waals surface area contributed by atoms with Gasteiger partial charge in [-0.25, -0.2) is 0 Å². The zero-order valence-electron chi connectivity index (χ0n) is 33.2. The van der Waals surface area contributed by atoms with Gasteiger partial charge in [-0.3, -0.25) is 5.01 Å². The zero-order valence-corrected chi connectivity index (χ0v) is 33.2. The summed E-state index contributed by atoms with van der Waals surface area (Å²) in [6.07, 6.45) is 5.02. The van der Waals surface area contributed by atoms with Gasteiger partial charge in [0.15, 0.2) is 0 Å². The van der Waals surface area contributed by atoms with E-state index in [-0.39, 0.29) is 12.6 Å². The van der Waals surface area contributed by atoms with Crippen molar-refractivity contribution in [2.45, 2.75) is 19.0 Å². The predicted molar refractivity (Wildman–Crippen MR) is 249 cm³/mol. The normalized spacial score (nSPS) is 13.9. The van der Waals surface area contributed by atoms with Crippen LogP contribution < -0.4 is 20.5 Å². The maximum atomic E-state index is 6.75. The van der Waals surface area contributed by atoms with Gasteiger partial charge in [0.25, 0.3) is 0 Å². The fraction of sp³-hybridized carbons (Fsp3) is 0.0926. The summed E-state index contributed by atoms with van der Waals surface area (Å²) in [7, 11) is 0. The monoisotopic (exact) mass is 780 g/mol. The Morgan fingerprint density at radius 1 is 0.600 bits per heavy atom. The minimum Gasteiger partial charge on any atom is -0.487 e. The Morgan fingerprint density at radius 3 is 1.73 bits per heavy atom. The summed E-state index contributed by atoms with van der Waals surface area (Å²) in [6.45, 7) is 4.97. The highest BCUT2D eigenvalue weighted by Gasteiger charge is 2.22. The number of nitrogens with one attached hydrogen (secondary N) is 1. The standard InChI is InChI=1S/C54H44N4O2/c1-56-58(33-50-46-18-8-6-16-41(46)30-42-17-7-9-19-47(42)50)32-43(55)34-59-51-26-24-38-13-4-10-20-48(38)53(51)54-49-21-11-5-14-39(49)25-27-52(54)60-35-45-31-44(57-45)29-36-22-23-37-12-2-3-15-40(37)28-36/h2-28,30-32,44,57H,1,29,33-35,55H2/b43-32-/t44-/m1/s1. The van der Waals surface area contributed by atoms with E-state index in [4.69, 9.17) is 15.2 Å². The molecule has 0 aromatic heterocycles. The van der Waals surface area contributed by atoms with E-state index in [1.807, 2.05) is 12.3 Å². The summed E-state index contributed by atoms with van der Waals surface area (Å²) < 4.78 is 13.4. The molecule has 0 unspecified atom stereocenters. The highest BCUT2D eigenvalue weighted by molar-refractivity contribution is 6.10. The van der Waals surface area contributed by atoms with Crippen molar-refractivity contribution in [3.05, 3.63) is 205 Å². The van der Waals surface area contributed by atoms with Crippen LogP contribution in [0, 0.1) is 0 Å². The Kier molecular flexibility index (Phi) is 9.80. The van der Waals surface area contributed by atoms with Crippen LogP contribution in [0.15, 0.2) is 199 Å². The SMILES string of the molecule is C=NN(/C=C(\N)COc1ccc2ccccc2c1-c1c(OCC2=C[C@@H](Cc3ccc4ccccc4c3)N2)ccc2ccccc12)Cc1c2ccccc2cc2ccccc12. The molecule has 0 spiro atoms. The predicted octanol–water partition coefficient (Wildman–Crippen LogP) is 11.9. The van der Waals surface area contributed by atoms with E-state index < -0.39 is 0 Å². The van der Waals surface area contributed by atoms with Gasteiger partial charge in [0, 0.05) is 29.7 Å². The van der Waals surface area contributed by atoms with Gasteiger partial charge in [0.1, 0.15) is 24.7 Å². The second-order valence-corrected chi connectivity index (χ2v) is 15.5. The summed E-state index contributed by atoms with van der Waals surface area (Å²) >= 11 is 0. The second-order valence-electron chi connectivity index (χ2n) is 15.5. The van der Waals surface area contributed by atoms with Crippen LogP contribution >= 0.6 is 0 Å². The van der Waals surface area contributed by atoms with Crippen molar-refractivity contribution >= 4 is 60.6 Å². The van der Waals surface area contributed by atoms with Gasteiger partial charge in [0.2, 0.25) is 0 Å². The van der Waals surface area contributed by atoms with Crippen molar-refractivity contribution in [3.63, 3.8) is 0 Å². The van der Waals surface area contributed by atoms with Gasteiger partial charge in [-0.15, -0.1) is 0 Å². The molecule has 0 bridgehead atoms. The summed E-state index contributed by atoms with van der Waals surface area (Å²) in [5.74, 6) is 1.49. The van der Waals surface area contributed by atoms with Crippen molar-refractivity contribution in [1.82, 2.24) is 10.3 Å². The van der Waals surface area contributed by atoms with Gasteiger partial charge in [-0.1, -0.05) is 152 Å². The molecule has 10 rings (SSSR count). The molecule has 1 heterocycles. The molecule has 3 N–H and O–H groups in total. The number of rotatable bonds is 13. The van der Waals surface area contributed by atoms with E-state index >= 15 is 0 Å². The number of hydrogen-bond acceptors (Lipinski definition) is 6. The molecule has 0 radical (unpaired) electrons. The molecule has 0 saturated heterocycles. The molecule has 60 heavy (non-hydrogen) atoms. The molecule has 0 fully saturated rings. The third-order valence-corrected chi connectivity index (χ3v) is 11.6. The largest absolute Gasteiger partial charge is 0.487 e. The third kappa shape index (κ3) is 7.24. The van der Waals surface area contributed by atoms with Gasteiger partial charge in [-0.2, -0.15) is 5.10 Å². The Bertz CT molecular complexity index is 3100. The quantitative estimate of drug-likeness (QED) is 0.0692. The first-order valence-corrected chi connectivity index (χ1v) is 20.4. The molecule has 1 atom stereocenters. The van der Waals surface area contributed by atoms with Gasteiger partial charge >= 0.3 is 0 Å². The van der Waals surface area contributed by atoms with Crippen LogP contribution in [-0.4, -0.2) is 31.0 Å². The molecular weight excluding hydrogens is 737 g/mol. The van der Waals surface area contributed by atoms with Crippen molar-refractivity contribution in [2.75, 3.05) is 13.2 Å². The Labute approximate surface area is 349 Å². The fourth-order valence-electron chi connectivity index (χ4n) is 8.68. The number of fused-ring (bicyclic) bond motifs is 5. The highest BCUT2D eigenvalue weighted by Crippen LogP contribution is 2.46. The van der Waals surface area contributed by atoms with Gasteiger partial charge in [0.05, 0.1) is 18.3 Å². The maximum Gasteiger partial charge on any atom is 0.129 e. The number of nitrogens with two attached hydrogens (primary N) is 1. The first-order valence-electron chi connectivity index (χ1n) is 20.4. The molecule has 9 aromatic rings. The minimum absolute atomic E-state index is 0.143. The summed E-state index contributed by atoms with van der Waals surface area (Å²) in [4.78, 5) is 0. The number of hydrogen-bond donors (Lipinski definition) is 2. The maximum absolute atomic E-state index is 6.75. The molecule has 1 aliphatic heterocycles. The fourth-order valence-corrected chi connectivity index (χ4v) is 8.68. The summed E-state index contributed by atoms with van der Waals surface area (Å²) in [6, 6.07) is 59.8. The molecule has 6 nitrogen and oxygen atoms in total. The van der Waals surface area contributed by atoms with E-state index in [1.54, 1.807) is 5.01 Å². The third-order valence-electron chi connectivity index (χ3n) is 11.6. The Balaban J connectivity index is 0.933. The lowest BCUT2D eigenvalue weighted by Crippen LogP contribution is -2.40. The smallest absolute Gasteiger partial charge is 0.129 e. The molecule has 1 aliphatic rings. The van der Waals surface area contributed by atoms with Crippen LogP contribution in [0.4, 0.5) is 0 Å². The number of hydrazone groups is 1.